The molecule has 0 radical (unpaired) electrons. The van der Waals surface area contributed by atoms with E-state index in [4.69, 9.17) is 11.6 Å². The van der Waals surface area contributed by atoms with Crippen LogP contribution in [0.4, 0.5) is 10.1 Å². The summed E-state index contributed by atoms with van der Waals surface area (Å²) in [6.45, 7) is 9.66. The summed E-state index contributed by atoms with van der Waals surface area (Å²) in [6.07, 6.45) is 0. The van der Waals surface area contributed by atoms with Crippen LogP contribution in [-0.2, 0) is 9.59 Å². The van der Waals surface area contributed by atoms with Crippen molar-refractivity contribution < 1.29 is 14.0 Å². The van der Waals surface area contributed by atoms with Gasteiger partial charge in [0.05, 0.1) is 17.6 Å². The van der Waals surface area contributed by atoms with Gasteiger partial charge < -0.3 is 10.6 Å². The van der Waals surface area contributed by atoms with Gasteiger partial charge in [-0.05, 0) is 45.9 Å². The number of anilines is 1. The van der Waals surface area contributed by atoms with Crippen molar-refractivity contribution in [1.29, 1.82) is 0 Å². The quantitative estimate of drug-likeness (QED) is 0.800. The van der Waals surface area contributed by atoms with E-state index in [1.807, 2.05) is 27.7 Å². The normalized spacial score (nSPS) is 23.6. The van der Waals surface area contributed by atoms with Crippen molar-refractivity contribution >= 4 is 29.1 Å². The molecule has 0 aliphatic carbocycles. The lowest BCUT2D eigenvalue weighted by Crippen LogP contribution is -2.81. The second kappa shape index (κ2) is 7.37. The number of carbonyl (C=O) groups excluding carboxylic acids is 2. The third-order valence-corrected chi connectivity index (χ3v) is 5.37. The van der Waals surface area contributed by atoms with Crippen LogP contribution in [0.25, 0.3) is 0 Å². The monoisotopic (exact) mass is 396 g/mol. The second-order valence-electron chi connectivity index (χ2n) is 8.35. The highest BCUT2D eigenvalue weighted by atomic mass is 35.5. The molecule has 0 aromatic heterocycles. The number of rotatable bonds is 5. The number of fused-ring (bicyclic) bond motifs is 1. The highest BCUT2D eigenvalue weighted by Gasteiger charge is 2.54. The number of hydrogen-bond donors (Lipinski definition) is 2. The molecule has 2 N–H and O–H groups in total. The predicted octanol–water partition coefficient (Wildman–Crippen LogP) is 2.09. The van der Waals surface area contributed by atoms with Gasteiger partial charge in [0.15, 0.2) is 0 Å². The van der Waals surface area contributed by atoms with Crippen molar-refractivity contribution in [3.05, 3.63) is 29.0 Å². The van der Waals surface area contributed by atoms with Gasteiger partial charge in [-0.25, -0.2) is 4.39 Å². The van der Waals surface area contributed by atoms with Crippen molar-refractivity contribution in [2.24, 2.45) is 0 Å². The van der Waals surface area contributed by atoms with Gasteiger partial charge in [-0.3, -0.25) is 19.4 Å². The van der Waals surface area contributed by atoms with Crippen LogP contribution < -0.4 is 10.6 Å². The van der Waals surface area contributed by atoms with Gasteiger partial charge in [-0.15, -0.1) is 0 Å². The number of piperazine rings is 1. The molecule has 3 atom stereocenters. The standard InChI is InChI=1S/C19H26ClFN4O2/c1-11(18(27)22-12-5-6-14(21)13(20)7-12)25-9-15-16(25)8-24(15)10-17(26)23-19(2,3)4/h5-7,11,15-16H,8-10H2,1-4H3,(H,22,27)(H,23,26). The molecule has 148 valence electrons. The molecule has 0 spiro atoms. The minimum atomic E-state index is -0.515. The lowest BCUT2D eigenvalue weighted by Gasteiger charge is -2.63. The molecule has 2 aliphatic heterocycles. The third-order valence-electron chi connectivity index (χ3n) is 5.08. The van der Waals surface area contributed by atoms with Gasteiger partial charge in [0.2, 0.25) is 11.8 Å². The number of carbonyl (C=O) groups is 2. The van der Waals surface area contributed by atoms with E-state index >= 15 is 0 Å². The fraction of sp³-hybridized carbons (Fsp3) is 0.579. The molecule has 8 heteroatoms. The Balaban J connectivity index is 1.47. The van der Waals surface area contributed by atoms with Gasteiger partial charge in [0.25, 0.3) is 0 Å². The molecule has 0 saturated carbocycles. The van der Waals surface area contributed by atoms with Gasteiger partial charge in [0, 0.05) is 36.4 Å². The van der Waals surface area contributed by atoms with E-state index in [1.165, 1.54) is 18.2 Å². The summed E-state index contributed by atoms with van der Waals surface area (Å²) in [5.74, 6) is -0.642. The minimum absolute atomic E-state index is 0.0207. The van der Waals surface area contributed by atoms with Crippen molar-refractivity contribution in [2.75, 3.05) is 25.0 Å². The van der Waals surface area contributed by atoms with Crippen LogP contribution in [-0.4, -0.2) is 64.9 Å². The number of nitrogens with zero attached hydrogens (tertiary/aromatic N) is 2. The zero-order valence-electron chi connectivity index (χ0n) is 16.1. The Kier molecular flexibility index (Phi) is 5.47. The van der Waals surface area contributed by atoms with Crippen LogP contribution in [0.3, 0.4) is 0 Å². The maximum absolute atomic E-state index is 13.2. The molecule has 2 fully saturated rings. The maximum atomic E-state index is 13.2. The Morgan fingerprint density at radius 2 is 2.00 bits per heavy atom. The Morgan fingerprint density at radius 3 is 2.56 bits per heavy atom. The number of hydrogen-bond acceptors (Lipinski definition) is 4. The average molecular weight is 397 g/mol. The van der Waals surface area contributed by atoms with Crippen molar-refractivity contribution in [3.8, 4) is 0 Å². The molecular weight excluding hydrogens is 371 g/mol. The molecule has 1 aromatic carbocycles. The minimum Gasteiger partial charge on any atom is -0.350 e. The summed E-state index contributed by atoms with van der Waals surface area (Å²) in [4.78, 5) is 28.8. The molecule has 6 nitrogen and oxygen atoms in total. The highest BCUT2D eigenvalue weighted by Crippen LogP contribution is 2.35. The first-order valence-electron chi connectivity index (χ1n) is 9.12. The zero-order chi connectivity index (χ0) is 19.9. The van der Waals surface area contributed by atoms with E-state index in [0.29, 0.717) is 24.3 Å². The first kappa shape index (κ1) is 20.0. The lowest BCUT2D eigenvalue weighted by molar-refractivity contribution is -0.158. The Bertz CT molecular complexity index is 752. The fourth-order valence-corrected chi connectivity index (χ4v) is 3.80. The van der Waals surface area contributed by atoms with Crippen molar-refractivity contribution in [3.63, 3.8) is 0 Å². The number of benzene rings is 1. The molecule has 27 heavy (non-hydrogen) atoms. The topological polar surface area (TPSA) is 64.7 Å². The molecule has 3 unspecified atom stereocenters. The molecular formula is C19H26ClFN4O2. The van der Waals surface area contributed by atoms with Crippen LogP contribution in [0.1, 0.15) is 27.7 Å². The molecule has 2 aliphatic rings. The van der Waals surface area contributed by atoms with Crippen LogP contribution >= 0.6 is 11.6 Å². The van der Waals surface area contributed by atoms with E-state index in [1.54, 1.807) is 0 Å². The summed E-state index contributed by atoms with van der Waals surface area (Å²) in [5, 5.41) is 5.73. The first-order valence-corrected chi connectivity index (χ1v) is 9.49. The molecule has 3 rings (SSSR count). The van der Waals surface area contributed by atoms with Crippen LogP contribution in [0, 0.1) is 5.82 Å². The third kappa shape index (κ3) is 4.42. The van der Waals surface area contributed by atoms with E-state index < -0.39 is 5.82 Å². The smallest absolute Gasteiger partial charge is 0.241 e. The maximum Gasteiger partial charge on any atom is 0.241 e. The average Bonchev–Trinajstić information content (AvgIpc) is 2.53. The van der Waals surface area contributed by atoms with E-state index in [0.717, 1.165) is 13.1 Å². The number of amides is 2. The predicted molar refractivity (Wildman–Crippen MR) is 103 cm³/mol. The number of likely N-dealkylation sites (tertiary alicyclic amines) is 2. The zero-order valence-corrected chi connectivity index (χ0v) is 16.8. The largest absolute Gasteiger partial charge is 0.350 e. The van der Waals surface area contributed by atoms with E-state index in [2.05, 4.69) is 20.4 Å². The van der Waals surface area contributed by atoms with Gasteiger partial charge >= 0.3 is 0 Å². The van der Waals surface area contributed by atoms with Crippen LogP contribution in [0.15, 0.2) is 18.2 Å². The van der Waals surface area contributed by atoms with Crippen LogP contribution in [0.5, 0.6) is 0 Å². The molecule has 0 bridgehead atoms. The molecule has 2 amide bonds. The molecule has 2 saturated heterocycles. The second-order valence-corrected chi connectivity index (χ2v) is 8.76. The first-order chi connectivity index (χ1) is 12.5. The highest BCUT2D eigenvalue weighted by molar-refractivity contribution is 6.31. The molecule has 2 heterocycles. The summed E-state index contributed by atoms with van der Waals surface area (Å²) < 4.78 is 13.2. The van der Waals surface area contributed by atoms with Gasteiger partial charge in [0.1, 0.15) is 5.82 Å². The Morgan fingerprint density at radius 1 is 1.30 bits per heavy atom. The summed E-state index contributed by atoms with van der Waals surface area (Å²) in [6, 6.07) is 4.44. The Hall–Kier alpha value is -1.70. The summed E-state index contributed by atoms with van der Waals surface area (Å²) in [7, 11) is 0. The van der Waals surface area contributed by atoms with Crippen molar-refractivity contribution in [2.45, 2.75) is 51.4 Å². The van der Waals surface area contributed by atoms with E-state index in [-0.39, 0.29) is 28.4 Å². The number of halogens is 2. The fourth-order valence-electron chi connectivity index (χ4n) is 3.62. The van der Waals surface area contributed by atoms with Gasteiger partial charge in [-0.1, -0.05) is 11.6 Å². The summed E-state index contributed by atoms with van der Waals surface area (Å²) in [5.41, 5.74) is 0.243. The summed E-state index contributed by atoms with van der Waals surface area (Å²) >= 11 is 5.75. The van der Waals surface area contributed by atoms with Crippen LogP contribution in [0.2, 0.25) is 5.02 Å². The van der Waals surface area contributed by atoms with Gasteiger partial charge in [-0.2, -0.15) is 0 Å². The molecule has 1 aromatic rings. The SMILES string of the molecule is CC(C(=O)Nc1ccc(F)c(Cl)c1)N1CC2C1CN2CC(=O)NC(C)(C)C. The van der Waals surface area contributed by atoms with Crippen molar-refractivity contribution in [1.82, 2.24) is 15.1 Å². The van der Waals surface area contributed by atoms with E-state index in [9.17, 15) is 14.0 Å². The lowest BCUT2D eigenvalue weighted by atomic mass is 9.84. The number of nitrogens with one attached hydrogen (secondary N) is 2. The Labute approximate surface area is 164 Å².